The van der Waals surface area contributed by atoms with E-state index in [1.54, 1.807) is 0 Å². The molecule has 4 nitrogen and oxygen atoms in total. The van der Waals surface area contributed by atoms with Crippen LogP contribution < -0.4 is 10.6 Å². The first kappa shape index (κ1) is 14.5. The molecular weight excluding hydrogens is 264 g/mol. The summed E-state index contributed by atoms with van der Waals surface area (Å²) in [6, 6.07) is 6.49. The van der Waals surface area contributed by atoms with Crippen LogP contribution in [0.2, 0.25) is 0 Å². The van der Waals surface area contributed by atoms with Gasteiger partial charge in [-0.1, -0.05) is 19.1 Å². The molecule has 1 fully saturated rings. The summed E-state index contributed by atoms with van der Waals surface area (Å²) in [5.41, 5.74) is 3.15. The zero-order valence-electron chi connectivity index (χ0n) is 12.7. The van der Waals surface area contributed by atoms with E-state index in [0.29, 0.717) is 0 Å². The Balaban J connectivity index is 1.88. The molecular formula is C17H24N2O2. The van der Waals surface area contributed by atoms with Crippen molar-refractivity contribution in [2.24, 2.45) is 0 Å². The predicted molar refractivity (Wildman–Crippen MR) is 82.5 cm³/mol. The summed E-state index contributed by atoms with van der Waals surface area (Å²) in [6.07, 6.45) is 4.59. The fraction of sp³-hybridized carbons (Fsp3) is 0.588. The highest BCUT2D eigenvalue weighted by molar-refractivity contribution is 5.96. The normalized spacial score (nSPS) is 23.3. The maximum absolute atomic E-state index is 12.0. The molecule has 0 bridgehead atoms. The van der Waals surface area contributed by atoms with E-state index in [4.69, 9.17) is 4.74 Å². The summed E-state index contributed by atoms with van der Waals surface area (Å²) in [4.78, 5) is 12.0. The number of hydrogen-bond donors (Lipinski definition) is 2. The molecule has 2 aliphatic heterocycles. The summed E-state index contributed by atoms with van der Waals surface area (Å²) >= 11 is 0. The molecule has 1 saturated heterocycles. The molecule has 1 aromatic rings. The van der Waals surface area contributed by atoms with Crippen molar-refractivity contribution in [2.75, 3.05) is 19.7 Å². The largest absolute Gasteiger partial charge is 0.376 e. The highest BCUT2D eigenvalue weighted by Gasteiger charge is 2.27. The lowest BCUT2D eigenvalue weighted by Gasteiger charge is -2.32. The number of ether oxygens (including phenoxy) is 1. The summed E-state index contributed by atoms with van der Waals surface area (Å²) in [5, 5.41) is 6.46. The fourth-order valence-corrected chi connectivity index (χ4v) is 3.34. The molecule has 4 heteroatoms. The van der Waals surface area contributed by atoms with Crippen LogP contribution in [0.15, 0.2) is 18.2 Å². The van der Waals surface area contributed by atoms with Gasteiger partial charge >= 0.3 is 0 Å². The third-order valence-corrected chi connectivity index (χ3v) is 4.43. The van der Waals surface area contributed by atoms with Crippen LogP contribution >= 0.6 is 0 Å². The smallest absolute Gasteiger partial charge is 0.251 e. The van der Waals surface area contributed by atoms with Crippen LogP contribution in [0.1, 0.15) is 53.7 Å². The molecule has 2 aliphatic rings. The van der Waals surface area contributed by atoms with Crippen molar-refractivity contribution in [3.8, 4) is 0 Å². The van der Waals surface area contributed by atoms with Crippen LogP contribution in [0.25, 0.3) is 0 Å². The lowest BCUT2D eigenvalue weighted by atomic mass is 9.91. The number of amides is 1. The first-order chi connectivity index (χ1) is 10.3. The van der Waals surface area contributed by atoms with Crippen molar-refractivity contribution in [1.29, 1.82) is 0 Å². The average molecular weight is 288 g/mol. The third-order valence-electron chi connectivity index (χ3n) is 4.43. The zero-order valence-corrected chi connectivity index (χ0v) is 12.7. The molecule has 2 heterocycles. The number of nitrogens with one attached hydrogen (secondary N) is 2. The van der Waals surface area contributed by atoms with Gasteiger partial charge in [-0.2, -0.15) is 0 Å². The Morgan fingerprint density at radius 3 is 3.10 bits per heavy atom. The van der Waals surface area contributed by atoms with Crippen molar-refractivity contribution < 1.29 is 9.53 Å². The van der Waals surface area contributed by atoms with Gasteiger partial charge < -0.3 is 15.4 Å². The Hall–Kier alpha value is -1.39. The second-order valence-electron chi connectivity index (χ2n) is 5.86. The van der Waals surface area contributed by atoms with Gasteiger partial charge in [0.15, 0.2) is 0 Å². The zero-order chi connectivity index (χ0) is 14.7. The van der Waals surface area contributed by atoms with Crippen molar-refractivity contribution >= 4 is 5.91 Å². The van der Waals surface area contributed by atoms with Gasteiger partial charge in [0.1, 0.15) is 0 Å². The van der Waals surface area contributed by atoms with Gasteiger partial charge in [0.2, 0.25) is 0 Å². The van der Waals surface area contributed by atoms with E-state index in [1.807, 2.05) is 0 Å². The maximum atomic E-state index is 12.0. The lowest BCUT2D eigenvalue weighted by molar-refractivity contribution is -0.00788. The molecule has 2 atom stereocenters. The maximum Gasteiger partial charge on any atom is 0.251 e. The van der Waals surface area contributed by atoms with Gasteiger partial charge in [-0.25, -0.2) is 0 Å². The molecule has 2 N–H and O–H groups in total. The molecule has 1 aromatic carbocycles. The Bertz CT molecular complexity index is 510. The molecule has 0 spiro atoms. The number of hydrogen-bond acceptors (Lipinski definition) is 3. The molecule has 0 aliphatic carbocycles. The number of benzene rings is 1. The van der Waals surface area contributed by atoms with Crippen molar-refractivity contribution in [2.45, 2.75) is 44.8 Å². The van der Waals surface area contributed by atoms with Crippen LogP contribution in [0, 0.1) is 0 Å². The number of rotatable bonds is 4. The Kier molecular flexibility index (Phi) is 4.56. The van der Waals surface area contributed by atoms with E-state index >= 15 is 0 Å². The van der Waals surface area contributed by atoms with Gasteiger partial charge in [-0.05, 0) is 49.4 Å². The quantitative estimate of drug-likeness (QED) is 0.893. The standard InChI is InChI=1S/C17H24N2O2/c1-2-18-16(15-5-3-4-10-21-15)13-7-6-12-8-9-19-17(20)14(12)11-13/h6-7,11,15-16,18H,2-5,8-10H2,1H3,(H,19,20). The minimum absolute atomic E-state index is 0.0536. The minimum atomic E-state index is 0.0536. The van der Waals surface area contributed by atoms with Crippen LogP contribution in [0.5, 0.6) is 0 Å². The van der Waals surface area contributed by atoms with Gasteiger partial charge in [-0.15, -0.1) is 0 Å². The first-order valence-corrected chi connectivity index (χ1v) is 8.05. The summed E-state index contributed by atoms with van der Waals surface area (Å²) in [6.45, 7) is 4.60. The molecule has 1 amide bonds. The van der Waals surface area contributed by atoms with Crippen molar-refractivity contribution in [1.82, 2.24) is 10.6 Å². The molecule has 0 saturated carbocycles. The van der Waals surface area contributed by atoms with Gasteiger partial charge in [0, 0.05) is 18.7 Å². The van der Waals surface area contributed by atoms with Crippen molar-refractivity contribution in [3.63, 3.8) is 0 Å². The Morgan fingerprint density at radius 1 is 1.43 bits per heavy atom. The van der Waals surface area contributed by atoms with Gasteiger partial charge in [0.05, 0.1) is 12.1 Å². The molecule has 2 unspecified atom stereocenters. The summed E-state index contributed by atoms with van der Waals surface area (Å²) in [7, 11) is 0. The first-order valence-electron chi connectivity index (χ1n) is 8.05. The third kappa shape index (κ3) is 3.11. The number of carbonyl (C=O) groups is 1. The van der Waals surface area contributed by atoms with Crippen LogP contribution in [0.3, 0.4) is 0 Å². The predicted octanol–water partition coefficient (Wildman–Crippen LogP) is 2.19. The lowest BCUT2D eigenvalue weighted by Crippen LogP contribution is -2.37. The van der Waals surface area contributed by atoms with E-state index in [2.05, 4.69) is 35.8 Å². The minimum Gasteiger partial charge on any atom is -0.376 e. The Labute approximate surface area is 126 Å². The second kappa shape index (κ2) is 6.58. The fourth-order valence-electron chi connectivity index (χ4n) is 3.34. The van der Waals surface area contributed by atoms with Crippen molar-refractivity contribution in [3.05, 3.63) is 34.9 Å². The van der Waals surface area contributed by atoms with Gasteiger partial charge in [-0.3, -0.25) is 4.79 Å². The van der Waals surface area contributed by atoms with E-state index in [0.717, 1.165) is 50.1 Å². The topological polar surface area (TPSA) is 50.4 Å². The second-order valence-corrected chi connectivity index (χ2v) is 5.86. The molecule has 114 valence electrons. The monoisotopic (exact) mass is 288 g/mol. The molecule has 0 aromatic heterocycles. The highest BCUT2D eigenvalue weighted by Crippen LogP contribution is 2.28. The van der Waals surface area contributed by atoms with Crippen LogP contribution in [-0.2, 0) is 11.2 Å². The highest BCUT2D eigenvalue weighted by atomic mass is 16.5. The van der Waals surface area contributed by atoms with Gasteiger partial charge in [0.25, 0.3) is 5.91 Å². The number of carbonyl (C=O) groups excluding carboxylic acids is 1. The molecule has 3 rings (SSSR count). The van der Waals surface area contributed by atoms with Crippen LogP contribution in [-0.4, -0.2) is 31.7 Å². The summed E-state index contributed by atoms with van der Waals surface area (Å²) in [5.74, 6) is 0.0536. The summed E-state index contributed by atoms with van der Waals surface area (Å²) < 4.78 is 5.95. The average Bonchev–Trinajstić information content (AvgIpc) is 2.54. The number of fused-ring (bicyclic) bond motifs is 1. The van der Waals surface area contributed by atoms with E-state index in [-0.39, 0.29) is 18.1 Å². The van der Waals surface area contributed by atoms with E-state index in [1.165, 1.54) is 12.0 Å². The Morgan fingerprint density at radius 2 is 2.33 bits per heavy atom. The van der Waals surface area contributed by atoms with Crippen LogP contribution in [0.4, 0.5) is 0 Å². The van der Waals surface area contributed by atoms with E-state index in [9.17, 15) is 4.79 Å². The molecule has 21 heavy (non-hydrogen) atoms. The SMILES string of the molecule is CCNC(c1ccc2c(c1)C(=O)NCC2)C1CCCCO1. The van der Waals surface area contributed by atoms with E-state index < -0.39 is 0 Å². The number of likely N-dealkylation sites (N-methyl/N-ethyl adjacent to an activating group) is 1. The molecule has 0 radical (unpaired) electrons.